The number of amides is 3. The summed E-state index contributed by atoms with van der Waals surface area (Å²) < 4.78 is 92.8. The number of sulfonamides is 1. The van der Waals surface area contributed by atoms with Crippen LogP contribution in [0.1, 0.15) is 121 Å². The predicted octanol–water partition coefficient (Wildman–Crippen LogP) is 5.60. The van der Waals surface area contributed by atoms with Crippen molar-refractivity contribution in [3.8, 4) is 5.75 Å². The molecule has 1 aromatic carbocycles. The molecule has 0 aliphatic carbocycles. The minimum absolute atomic E-state index is 0.0473. The summed E-state index contributed by atoms with van der Waals surface area (Å²) in [5.41, 5.74) is -1.48. The number of carboxylic acid groups (broad SMARTS) is 2. The Kier molecular flexibility index (Phi) is 32.9. The third-order valence-corrected chi connectivity index (χ3v) is 12.2. The molecule has 0 aliphatic heterocycles. The Morgan fingerprint density at radius 3 is 1.60 bits per heavy atom. The van der Waals surface area contributed by atoms with Crippen molar-refractivity contribution in [2.45, 2.75) is 133 Å². The summed E-state index contributed by atoms with van der Waals surface area (Å²) in [6.45, 7) is -0.696. The molecule has 0 fully saturated rings. The largest absolute Gasteiger partial charge is 0.481 e. The number of nitrogens with zero attached hydrogens (tertiary/aromatic N) is 1. The fourth-order valence-electron chi connectivity index (χ4n) is 6.32. The number of carbonyl (C=O) groups is 6. The number of carboxylic acids is 2. The Hall–Kier alpha value is -3.94. The van der Waals surface area contributed by atoms with Crippen LogP contribution in [-0.4, -0.2) is 145 Å². The third-order valence-electron chi connectivity index (χ3n) is 9.97. The van der Waals surface area contributed by atoms with Gasteiger partial charge in [0.05, 0.1) is 39.6 Å². The Balaban J connectivity index is 2.07. The molecule has 0 aliphatic rings. The van der Waals surface area contributed by atoms with Crippen LogP contribution in [0.3, 0.4) is 0 Å². The number of rotatable bonds is 41. The van der Waals surface area contributed by atoms with Gasteiger partial charge >= 0.3 is 24.1 Å². The molecule has 0 aromatic heterocycles. The maximum Gasteiger partial charge on any atom is 0.420 e. The number of unbranched alkanes of at least 4 members (excludes halogenated alkanes) is 13. The molecule has 19 nitrogen and oxygen atoms in total. The normalized spacial score (nSPS) is 12.2. The summed E-state index contributed by atoms with van der Waals surface area (Å²) in [6, 6.07) is 0.297. The zero-order valence-electron chi connectivity index (χ0n) is 39.1. The van der Waals surface area contributed by atoms with E-state index in [1.54, 1.807) is 0 Å². The zero-order chi connectivity index (χ0) is 50.8. The number of hydrogen-bond acceptors (Lipinski definition) is 13. The van der Waals surface area contributed by atoms with E-state index in [0.29, 0.717) is 16.8 Å². The van der Waals surface area contributed by atoms with Gasteiger partial charge in [0.25, 0.3) is 0 Å². The van der Waals surface area contributed by atoms with Gasteiger partial charge in [0, 0.05) is 50.9 Å². The molecule has 5 N–H and O–H groups in total. The molecule has 1 rings (SSSR count). The number of halogens is 4. The summed E-state index contributed by atoms with van der Waals surface area (Å²) >= 11 is 2.86. The van der Waals surface area contributed by atoms with Crippen molar-refractivity contribution in [1.82, 2.24) is 20.3 Å². The molecule has 0 bridgehead atoms. The van der Waals surface area contributed by atoms with E-state index in [9.17, 15) is 55.5 Å². The molecular formula is C44H70BrF3N4O15S. The Morgan fingerprint density at radius 1 is 0.647 bits per heavy atom. The highest BCUT2D eigenvalue weighted by Crippen LogP contribution is 2.42. The number of ether oxygens (including phenoxy) is 5. The van der Waals surface area contributed by atoms with Crippen molar-refractivity contribution in [2.24, 2.45) is 0 Å². The summed E-state index contributed by atoms with van der Waals surface area (Å²) in [5, 5.41) is 25.8. The first-order valence-electron chi connectivity index (χ1n) is 22.9. The lowest BCUT2D eigenvalue weighted by atomic mass is 10.0. The highest BCUT2D eigenvalue weighted by Gasteiger charge is 2.39. The molecule has 24 heteroatoms. The second-order valence-electron chi connectivity index (χ2n) is 15.9. The average Bonchev–Trinajstić information content (AvgIpc) is 3.26. The Morgan fingerprint density at radius 2 is 1.12 bits per heavy atom. The first-order chi connectivity index (χ1) is 32.2. The molecule has 68 heavy (non-hydrogen) atoms. The number of hydrogen-bond donors (Lipinski definition) is 5. The van der Waals surface area contributed by atoms with Gasteiger partial charge in [-0.3, -0.25) is 19.2 Å². The van der Waals surface area contributed by atoms with Crippen LogP contribution in [0.4, 0.5) is 13.2 Å². The van der Waals surface area contributed by atoms with Gasteiger partial charge in [-0.05, 0) is 31.4 Å². The number of nitrogens with one attached hydrogen (secondary N) is 3. The van der Waals surface area contributed by atoms with E-state index in [2.05, 4.69) is 31.9 Å². The van der Waals surface area contributed by atoms with Crippen molar-refractivity contribution >= 4 is 61.6 Å². The molecular weight excluding hydrogens is 993 g/mol. The first-order valence-corrected chi connectivity index (χ1v) is 25.1. The molecule has 3 amide bonds. The average molecular weight is 1060 g/mol. The number of carbonyl (C=O) groups excluding carboxylic acids is 4. The monoisotopic (exact) mass is 1060 g/mol. The van der Waals surface area contributed by atoms with Gasteiger partial charge in [-0.25, -0.2) is 22.3 Å². The molecule has 0 radical (unpaired) electrons. The summed E-state index contributed by atoms with van der Waals surface area (Å²) in [6.07, 6.45) is 10.0. The van der Waals surface area contributed by atoms with Crippen LogP contribution >= 0.6 is 15.9 Å². The van der Waals surface area contributed by atoms with E-state index >= 15 is 0 Å². The lowest BCUT2D eigenvalue weighted by Gasteiger charge is -2.19. The molecule has 1 aromatic rings. The summed E-state index contributed by atoms with van der Waals surface area (Å²) in [7, 11) is -2.23. The fraction of sp³-hybridized carbons (Fsp3) is 0.727. The highest BCUT2D eigenvalue weighted by molar-refractivity contribution is 9.10. The molecule has 0 heterocycles. The second kappa shape index (κ2) is 36.1. The maximum atomic E-state index is 13.7. The summed E-state index contributed by atoms with van der Waals surface area (Å²) in [4.78, 5) is 70.2. The Labute approximate surface area is 405 Å². The van der Waals surface area contributed by atoms with Crippen molar-refractivity contribution in [1.29, 1.82) is 0 Å². The van der Waals surface area contributed by atoms with Gasteiger partial charge in [-0.15, -0.1) is 0 Å². The molecule has 0 spiro atoms. The SMILES string of the molecule is CN(C)S(=O)(=O)c1cc(Br)cc(C(F)(F)F)c1OC(=O)COCCOCCNC(=O)COCCOCCNC(=O)CCC(NC(=O)CCCCCCCCCCCCCCCCC(=O)O)C(=O)O. The molecule has 0 saturated carbocycles. The lowest BCUT2D eigenvalue weighted by molar-refractivity contribution is -0.146. The van der Waals surface area contributed by atoms with Crippen molar-refractivity contribution < 1.29 is 84.3 Å². The van der Waals surface area contributed by atoms with Gasteiger partial charge in [0.1, 0.15) is 29.7 Å². The van der Waals surface area contributed by atoms with Crippen LogP contribution in [0.2, 0.25) is 0 Å². The van der Waals surface area contributed by atoms with Crippen LogP contribution in [0.5, 0.6) is 5.75 Å². The van der Waals surface area contributed by atoms with E-state index in [1.807, 2.05) is 0 Å². The maximum absolute atomic E-state index is 13.7. The molecule has 1 unspecified atom stereocenters. The van der Waals surface area contributed by atoms with E-state index in [1.165, 1.54) is 32.1 Å². The van der Waals surface area contributed by atoms with Crippen molar-refractivity contribution in [2.75, 3.05) is 80.0 Å². The van der Waals surface area contributed by atoms with Crippen molar-refractivity contribution in [3.05, 3.63) is 22.2 Å². The molecule has 1 atom stereocenters. The van der Waals surface area contributed by atoms with Crippen LogP contribution in [0.15, 0.2) is 21.5 Å². The van der Waals surface area contributed by atoms with Crippen LogP contribution in [0, 0.1) is 0 Å². The minimum Gasteiger partial charge on any atom is -0.481 e. The van der Waals surface area contributed by atoms with Crippen LogP contribution in [-0.2, 0) is 63.9 Å². The minimum atomic E-state index is -5.05. The Bertz CT molecular complexity index is 1790. The topological polar surface area (TPSA) is 262 Å². The lowest BCUT2D eigenvalue weighted by Crippen LogP contribution is -2.41. The highest BCUT2D eigenvalue weighted by atomic mass is 79.9. The second-order valence-corrected chi connectivity index (χ2v) is 18.9. The van der Waals surface area contributed by atoms with Crippen molar-refractivity contribution in [3.63, 3.8) is 0 Å². The van der Waals surface area contributed by atoms with Gasteiger partial charge in [0.15, 0.2) is 5.75 Å². The van der Waals surface area contributed by atoms with E-state index in [0.717, 1.165) is 71.5 Å². The number of alkyl halides is 3. The number of benzene rings is 1. The number of esters is 1. The third kappa shape index (κ3) is 29.8. The van der Waals surface area contributed by atoms with Gasteiger partial charge < -0.3 is 49.8 Å². The quantitative estimate of drug-likeness (QED) is 0.0304. The van der Waals surface area contributed by atoms with Gasteiger partial charge in [0.2, 0.25) is 27.7 Å². The fourth-order valence-corrected chi connectivity index (χ4v) is 7.99. The van der Waals surface area contributed by atoms with Crippen LogP contribution in [0.25, 0.3) is 0 Å². The molecule has 0 saturated heterocycles. The first kappa shape index (κ1) is 62.1. The van der Waals surface area contributed by atoms with E-state index in [-0.39, 0.29) is 95.4 Å². The van der Waals surface area contributed by atoms with Gasteiger partial charge in [-0.1, -0.05) is 93.0 Å². The van der Waals surface area contributed by atoms with Gasteiger partial charge in [-0.2, -0.15) is 13.2 Å². The number of aliphatic carboxylic acids is 2. The standard InChI is InChI=1S/C44H70BrF3N4O15S/c1-52(2)68(61,62)36-30-33(45)29-34(44(46,47)48)42(36)67-41(58)32-66-28-26-64-24-22-50-39(55)31-65-27-25-63-23-21-49-37(53)20-19-35(43(59)60)51-38(54)17-15-13-11-9-7-5-3-4-6-8-10-12-14-16-18-40(56)57/h29-30,35H,3-28,31-32H2,1-2H3,(H,49,53)(H,50,55)(H,51,54)(H,56,57)(H,59,60). The molecule has 390 valence electrons. The smallest absolute Gasteiger partial charge is 0.420 e. The van der Waals surface area contributed by atoms with E-state index in [4.69, 9.17) is 28.8 Å². The summed E-state index contributed by atoms with van der Waals surface area (Å²) in [5.74, 6) is -5.62. The zero-order valence-corrected chi connectivity index (χ0v) is 41.5. The predicted molar refractivity (Wildman–Crippen MR) is 245 cm³/mol. The van der Waals surface area contributed by atoms with Crippen LogP contribution < -0.4 is 20.7 Å². The van der Waals surface area contributed by atoms with E-state index < -0.39 is 74.8 Å².